The molecule has 0 spiro atoms. The first-order chi connectivity index (χ1) is 22.8. The van der Waals surface area contributed by atoms with E-state index in [1.807, 2.05) is 6.07 Å². The Morgan fingerprint density at radius 2 is 1.04 bits per heavy atom. The quantitative estimate of drug-likeness (QED) is 0.203. The maximum atomic E-state index is 5.08. The highest BCUT2D eigenvalue weighted by atomic mass is 15.2. The van der Waals surface area contributed by atoms with Crippen LogP contribution in [0.1, 0.15) is 0 Å². The summed E-state index contributed by atoms with van der Waals surface area (Å²) in [6.45, 7) is 0. The van der Waals surface area contributed by atoms with Crippen molar-refractivity contribution in [1.29, 1.82) is 0 Å². The van der Waals surface area contributed by atoms with Crippen LogP contribution in [0.4, 0.5) is 0 Å². The van der Waals surface area contributed by atoms with Gasteiger partial charge in [0.15, 0.2) is 5.82 Å². The van der Waals surface area contributed by atoms with Gasteiger partial charge in [0.05, 0.1) is 16.6 Å². The second kappa shape index (κ2) is 8.68. The molecule has 0 bridgehead atoms. The molecule has 212 valence electrons. The second-order valence-electron chi connectivity index (χ2n) is 12.3. The zero-order valence-corrected chi connectivity index (χ0v) is 24.6. The second-order valence-corrected chi connectivity index (χ2v) is 12.3. The zero-order chi connectivity index (χ0) is 29.9. The predicted molar refractivity (Wildman–Crippen MR) is 191 cm³/mol. The number of para-hydroxylation sites is 1. The molecular formula is C42H24N4. The highest BCUT2D eigenvalue weighted by Gasteiger charge is 2.27. The molecule has 0 fully saturated rings. The van der Waals surface area contributed by atoms with E-state index in [0.29, 0.717) is 0 Å². The van der Waals surface area contributed by atoms with Crippen LogP contribution in [0, 0.1) is 0 Å². The predicted octanol–water partition coefficient (Wildman–Crippen LogP) is 10.7. The largest absolute Gasteiger partial charge is 0.294 e. The van der Waals surface area contributed by atoms with Gasteiger partial charge >= 0.3 is 0 Å². The summed E-state index contributed by atoms with van der Waals surface area (Å²) in [6, 6.07) is 52.3. The third-order valence-corrected chi connectivity index (χ3v) is 9.88. The van der Waals surface area contributed by atoms with Crippen molar-refractivity contribution in [3.63, 3.8) is 0 Å². The molecule has 0 saturated carbocycles. The first-order valence-electron chi connectivity index (χ1n) is 15.7. The molecule has 0 N–H and O–H groups in total. The third-order valence-electron chi connectivity index (χ3n) is 9.88. The van der Waals surface area contributed by atoms with Gasteiger partial charge in [0.2, 0.25) is 0 Å². The Morgan fingerprint density at radius 1 is 0.413 bits per heavy atom. The van der Waals surface area contributed by atoms with Gasteiger partial charge in [-0.3, -0.25) is 8.97 Å². The molecule has 0 saturated heterocycles. The van der Waals surface area contributed by atoms with Gasteiger partial charge in [-0.05, 0) is 45.8 Å². The summed E-state index contributed by atoms with van der Waals surface area (Å²) in [4.78, 5) is 0. The first kappa shape index (κ1) is 24.1. The molecule has 46 heavy (non-hydrogen) atoms. The van der Waals surface area contributed by atoms with Crippen molar-refractivity contribution in [2.75, 3.05) is 0 Å². The van der Waals surface area contributed by atoms with Crippen molar-refractivity contribution in [3.8, 4) is 17.1 Å². The van der Waals surface area contributed by atoms with Crippen LogP contribution in [0.15, 0.2) is 146 Å². The molecule has 0 aliphatic carbocycles. The van der Waals surface area contributed by atoms with E-state index in [0.717, 1.165) is 39.0 Å². The fourth-order valence-electron chi connectivity index (χ4n) is 7.97. The number of aromatic nitrogens is 4. The van der Waals surface area contributed by atoms with Crippen LogP contribution < -0.4 is 0 Å². The standard InChI is InChI=1S/C42H24N4/c1-2-12-25(13-3-1)39-30-18-8-9-19-31(30)41(44-43-39)46-36-24-27-15-5-4-14-26(27)22-33(36)38-34-23-28-16-6-7-17-29(28)37-32-20-10-11-21-35(32)45(40(34)37)42(38)46/h1-24H. The van der Waals surface area contributed by atoms with Gasteiger partial charge < -0.3 is 0 Å². The highest BCUT2D eigenvalue weighted by Crippen LogP contribution is 2.47. The average molecular weight is 585 g/mol. The van der Waals surface area contributed by atoms with Crippen LogP contribution in [0.5, 0.6) is 0 Å². The van der Waals surface area contributed by atoms with E-state index in [1.54, 1.807) is 0 Å². The smallest absolute Gasteiger partial charge is 0.169 e. The molecule has 11 aromatic rings. The summed E-state index contributed by atoms with van der Waals surface area (Å²) < 4.78 is 4.85. The van der Waals surface area contributed by atoms with Crippen LogP contribution >= 0.6 is 0 Å². The Hall–Kier alpha value is -6.26. The third kappa shape index (κ3) is 2.98. The minimum absolute atomic E-state index is 0.833. The van der Waals surface area contributed by atoms with E-state index >= 15 is 0 Å². The van der Waals surface area contributed by atoms with E-state index in [1.165, 1.54) is 59.5 Å². The maximum Gasteiger partial charge on any atom is 0.169 e. The van der Waals surface area contributed by atoms with Crippen molar-refractivity contribution in [2.24, 2.45) is 0 Å². The molecule has 4 heteroatoms. The van der Waals surface area contributed by atoms with Gasteiger partial charge in [-0.1, -0.05) is 121 Å². The molecule has 0 unspecified atom stereocenters. The topological polar surface area (TPSA) is 35.1 Å². The SMILES string of the molecule is c1ccc(-c2nnc(-n3c4cc5ccccc5cc4c4c5cc6ccccc6c6c7ccccc7n(c56)c43)c3ccccc23)cc1. The number of rotatable bonds is 2. The van der Waals surface area contributed by atoms with E-state index < -0.39 is 0 Å². The zero-order valence-electron chi connectivity index (χ0n) is 24.6. The Balaban J connectivity index is 1.42. The minimum atomic E-state index is 0.833. The molecule has 0 aliphatic heterocycles. The van der Waals surface area contributed by atoms with Crippen LogP contribution in [0.2, 0.25) is 0 Å². The fourth-order valence-corrected chi connectivity index (χ4v) is 7.97. The lowest BCUT2D eigenvalue weighted by Gasteiger charge is -2.13. The van der Waals surface area contributed by atoms with Crippen LogP contribution in [-0.4, -0.2) is 19.2 Å². The van der Waals surface area contributed by atoms with E-state index in [-0.39, 0.29) is 0 Å². The first-order valence-corrected chi connectivity index (χ1v) is 15.7. The number of nitrogens with zero attached hydrogens (tertiary/aromatic N) is 4. The van der Waals surface area contributed by atoms with E-state index in [9.17, 15) is 0 Å². The summed E-state index contributed by atoms with van der Waals surface area (Å²) in [5, 5.41) is 23.4. The summed E-state index contributed by atoms with van der Waals surface area (Å²) in [6.07, 6.45) is 0. The number of hydrogen-bond acceptors (Lipinski definition) is 2. The highest BCUT2D eigenvalue weighted by molar-refractivity contribution is 6.35. The number of fused-ring (bicyclic) bond motifs is 12. The van der Waals surface area contributed by atoms with Crippen molar-refractivity contribution in [2.45, 2.75) is 0 Å². The molecule has 7 aromatic carbocycles. The Kier molecular flexibility index (Phi) is 4.55. The maximum absolute atomic E-state index is 5.08. The molecule has 4 heterocycles. The molecular weight excluding hydrogens is 560 g/mol. The summed E-state index contributed by atoms with van der Waals surface area (Å²) in [7, 11) is 0. The van der Waals surface area contributed by atoms with E-state index in [4.69, 9.17) is 10.2 Å². The van der Waals surface area contributed by atoms with Crippen LogP contribution in [0.3, 0.4) is 0 Å². The van der Waals surface area contributed by atoms with Crippen LogP contribution in [0.25, 0.3) is 98.5 Å². The van der Waals surface area contributed by atoms with Crippen molar-refractivity contribution < 1.29 is 0 Å². The summed E-state index contributed by atoms with van der Waals surface area (Å²) in [5.41, 5.74) is 6.65. The lowest BCUT2D eigenvalue weighted by atomic mass is 9.99. The normalized spacial score (nSPS) is 12.3. The summed E-state index contributed by atoms with van der Waals surface area (Å²) in [5.74, 6) is 0.833. The number of hydrogen-bond donors (Lipinski definition) is 0. The van der Waals surface area contributed by atoms with Gasteiger partial charge in [0.1, 0.15) is 11.3 Å². The van der Waals surface area contributed by atoms with Crippen molar-refractivity contribution >= 4 is 81.4 Å². The molecule has 11 rings (SSSR count). The molecule has 0 amide bonds. The van der Waals surface area contributed by atoms with E-state index in [2.05, 4.69) is 148 Å². The molecule has 0 atom stereocenters. The lowest BCUT2D eigenvalue weighted by molar-refractivity contribution is 0.967. The Labute approximate surface area is 262 Å². The molecule has 4 nitrogen and oxygen atoms in total. The fraction of sp³-hybridized carbons (Fsp3) is 0. The van der Waals surface area contributed by atoms with Gasteiger partial charge in [-0.25, -0.2) is 0 Å². The number of benzene rings is 7. The molecule has 0 radical (unpaired) electrons. The Morgan fingerprint density at radius 3 is 1.87 bits per heavy atom. The minimum Gasteiger partial charge on any atom is -0.294 e. The van der Waals surface area contributed by atoms with Crippen molar-refractivity contribution in [3.05, 3.63) is 146 Å². The summed E-state index contributed by atoms with van der Waals surface area (Å²) >= 11 is 0. The van der Waals surface area contributed by atoms with Crippen molar-refractivity contribution in [1.82, 2.24) is 19.2 Å². The monoisotopic (exact) mass is 584 g/mol. The van der Waals surface area contributed by atoms with Gasteiger partial charge in [-0.15, -0.1) is 10.2 Å². The molecule has 0 aliphatic rings. The van der Waals surface area contributed by atoms with Gasteiger partial charge in [0.25, 0.3) is 0 Å². The van der Waals surface area contributed by atoms with Crippen LogP contribution in [-0.2, 0) is 0 Å². The van der Waals surface area contributed by atoms with Gasteiger partial charge in [-0.2, -0.15) is 0 Å². The Bertz CT molecular complexity index is 3020. The van der Waals surface area contributed by atoms with Gasteiger partial charge in [0, 0.05) is 43.3 Å². The molecule has 4 aromatic heterocycles. The lowest BCUT2D eigenvalue weighted by Crippen LogP contribution is -2.04. The average Bonchev–Trinajstić information content (AvgIpc) is 3.74.